The Balaban J connectivity index is 2.06. The van der Waals surface area contributed by atoms with E-state index in [1.54, 1.807) is 0 Å². The Kier molecular flexibility index (Phi) is 4.48. The number of morpholine rings is 1. The van der Waals surface area contributed by atoms with Gasteiger partial charge < -0.3 is 19.5 Å². The van der Waals surface area contributed by atoms with E-state index < -0.39 is 6.04 Å². The average molecular weight is 268 g/mol. The summed E-state index contributed by atoms with van der Waals surface area (Å²) in [4.78, 5) is 20.0. The van der Waals surface area contributed by atoms with Gasteiger partial charge in [-0.25, -0.2) is 0 Å². The van der Waals surface area contributed by atoms with Crippen molar-refractivity contribution < 1.29 is 19.0 Å². The highest BCUT2D eigenvalue weighted by molar-refractivity contribution is 5.93. The molecule has 0 bridgehead atoms. The zero-order valence-electron chi connectivity index (χ0n) is 10.8. The van der Waals surface area contributed by atoms with Gasteiger partial charge in [0.25, 0.3) is 0 Å². The Morgan fingerprint density at radius 3 is 2.63 bits per heavy atom. The van der Waals surface area contributed by atoms with Gasteiger partial charge in [-0.15, -0.1) is 0 Å². The number of amides is 1. The number of anilines is 1. The van der Waals surface area contributed by atoms with Crippen LogP contribution in [0.3, 0.4) is 0 Å². The van der Waals surface area contributed by atoms with Crippen LogP contribution in [0.15, 0.2) is 6.07 Å². The van der Waals surface area contributed by atoms with E-state index in [-0.39, 0.29) is 11.9 Å². The Morgan fingerprint density at radius 2 is 2.11 bits per heavy atom. The van der Waals surface area contributed by atoms with E-state index in [4.69, 9.17) is 14.2 Å². The van der Waals surface area contributed by atoms with Gasteiger partial charge in [0.15, 0.2) is 0 Å². The van der Waals surface area contributed by atoms with Crippen LogP contribution in [0.2, 0.25) is 0 Å². The van der Waals surface area contributed by atoms with Crippen molar-refractivity contribution in [3.63, 3.8) is 0 Å². The lowest BCUT2D eigenvalue weighted by atomic mass is 10.2. The summed E-state index contributed by atoms with van der Waals surface area (Å²) in [5.41, 5.74) is 0. The lowest BCUT2D eigenvalue weighted by Gasteiger charge is -2.22. The van der Waals surface area contributed by atoms with Crippen molar-refractivity contribution in [1.82, 2.24) is 15.3 Å². The summed E-state index contributed by atoms with van der Waals surface area (Å²) in [5, 5.41) is 5.64. The predicted octanol–water partition coefficient (Wildman–Crippen LogP) is -0.579. The third kappa shape index (κ3) is 3.52. The average Bonchev–Trinajstić information content (AvgIpc) is 2.47. The number of ether oxygens (including phenoxy) is 3. The highest BCUT2D eigenvalue weighted by Gasteiger charge is 2.22. The number of carbonyl (C=O) groups is 1. The number of nitrogens with zero attached hydrogens (tertiary/aromatic N) is 2. The standard InChI is InChI=1S/C11H16N4O4/c1-17-8-5-9(18-2)14-11(13-8)15-10(16)7-6-19-4-3-12-7/h5,7,12H,3-4,6H2,1-2H3,(H,13,14,15,16). The maximum atomic E-state index is 12.0. The normalized spacial score (nSPS) is 18.7. The minimum Gasteiger partial charge on any atom is -0.481 e. The zero-order chi connectivity index (χ0) is 13.7. The lowest BCUT2D eigenvalue weighted by Crippen LogP contribution is -2.49. The quantitative estimate of drug-likeness (QED) is 0.754. The molecule has 2 rings (SSSR count). The van der Waals surface area contributed by atoms with Gasteiger partial charge in [0.1, 0.15) is 6.04 Å². The molecule has 0 saturated carbocycles. The number of carbonyl (C=O) groups excluding carboxylic acids is 1. The summed E-state index contributed by atoms with van der Waals surface area (Å²) in [6.45, 7) is 1.57. The molecular weight excluding hydrogens is 252 g/mol. The Morgan fingerprint density at radius 1 is 1.42 bits per heavy atom. The molecule has 1 saturated heterocycles. The van der Waals surface area contributed by atoms with E-state index in [1.807, 2.05) is 0 Å². The van der Waals surface area contributed by atoms with E-state index in [2.05, 4.69) is 20.6 Å². The molecule has 2 N–H and O–H groups in total. The van der Waals surface area contributed by atoms with E-state index in [9.17, 15) is 4.79 Å². The first-order valence-corrected chi connectivity index (χ1v) is 5.82. The van der Waals surface area contributed by atoms with Gasteiger partial charge in [-0.2, -0.15) is 9.97 Å². The summed E-state index contributed by atoms with van der Waals surface area (Å²) in [7, 11) is 2.95. The monoisotopic (exact) mass is 268 g/mol. The van der Waals surface area contributed by atoms with Gasteiger partial charge in [0.2, 0.25) is 23.6 Å². The topological polar surface area (TPSA) is 94.6 Å². The second-order valence-electron chi connectivity index (χ2n) is 3.85. The second kappa shape index (κ2) is 6.30. The highest BCUT2D eigenvalue weighted by Crippen LogP contribution is 2.17. The van der Waals surface area contributed by atoms with Crippen LogP contribution in [0.5, 0.6) is 11.8 Å². The van der Waals surface area contributed by atoms with Crippen LogP contribution in [-0.4, -0.2) is 55.9 Å². The van der Waals surface area contributed by atoms with Crippen LogP contribution in [0, 0.1) is 0 Å². The number of hydrogen-bond acceptors (Lipinski definition) is 7. The third-order valence-corrected chi connectivity index (χ3v) is 2.57. The lowest BCUT2D eigenvalue weighted by molar-refractivity contribution is -0.120. The molecule has 0 radical (unpaired) electrons. The minimum atomic E-state index is -0.408. The molecule has 1 aromatic heterocycles. The smallest absolute Gasteiger partial charge is 0.246 e. The summed E-state index contributed by atoms with van der Waals surface area (Å²) in [6, 6.07) is 1.12. The molecule has 1 unspecified atom stereocenters. The Bertz CT molecular complexity index is 426. The number of nitrogens with one attached hydrogen (secondary N) is 2. The zero-order valence-corrected chi connectivity index (χ0v) is 10.8. The fourth-order valence-corrected chi connectivity index (χ4v) is 1.60. The van der Waals surface area contributed by atoms with E-state index in [1.165, 1.54) is 20.3 Å². The minimum absolute atomic E-state index is 0.133. The molecule has 0 aromatic carbocycles. The molecule has 1 fully saturated rings. The van der Waals surface area contributed by atoms with Crippen molar-refractivity contribution in [2.24, 2.45) is 0 Å². The maximum absolute atomic E-state index is 12.0. The largest absolute Gasteiger partial charge is 0.481 e. The molecular formula is C11H16N4O4. The van der Waals surface area contributed by atoms with Gasteiger partial charge in [0.05, 0.1) is 33.5 Å². The van der Waals surface area contributed by atoms with E-state index in [0.29, 0.717) is 31.5 Å². The molecule has 1 atom stereocenters. The molecule has 2 heterocycles. The Hall–Kier alpha value is -1.93. The molecule has 1 aromatic rings. The molecule has 1 aliphatic heterocycles. The highest BCUT2D eigenvalue weighted by atomic mass is 16.5. The number of methoxy groups -OCH3 is 2. The van der Waals surface area contributed by atoms with E-state index in [0.717, 1.165) is 0 Å². The van der Waals surface area contributed by atoms with Gasteiger partial charge >= 0.3 is 0 Å². The predicted molar refractivity (Wildman–Crippen MR) is 66.4 cm³/mol. The summed E-state index contributed by atoms with van der Waals surface area (Å²) >= 11 is 0. The molecule has 8 heteroatoms. The molecule has 0 spiro atoms. The summed E-state index contributed by atoms with van der Waals surface area (Å²) in [5.74, 6) is 0.508. The molecule has 8 nitrogen and oxygen atoms in total. The second-order valence-corrected chi connectivity index (χ2v) is 3.85. The van der Waals surface area contributed by atoms with Crippen LogP contribution < -0.4 is 20.1 Å². The number of rotatable bonds is 4. The van der Waals surface area contributed by atoms with Crippen molar-refractivity contribution in [3.05, 3.63) is 6.07 Å². The van der Waals surface area contributed by atoms with Crippen LogP contribution >= 0.6 is 0 Å². The van der Waals surface area contributed by atoms with Gasteiger partial charge in [-0.1, -0.05) is 0 Å². The van der Waals surface area contributed by atoms with Crippen LogP contribution in [-0.2, 0) is 9.53 Å². The fourth-order valence-electron chi connectivity index (χ4n) is 1.60. The van der Waals surface area contributed by atoms with Gasteiger partial charge in [-0.3, -0.25) is 10.1 Å². The van der Waals surface area contributed by atoms with Crippen LogP contribution in [0.4, 0.5) is 5.95 Å². The maximum Gasteiger partial charge on any atom is 0.246 e. The van der Waals surface area contributed by atoms with Gasteiger partial charge in [-0.05, 0) is 0 Å². The van der Waals surface area contributed by atoms with Crippen molar-refractivity contribution >= 4 is 11.9 Å². The van der Waals surface area contributed by atoms with Crippen molar-refractivity contribution in [1.29, 1.82) is 0 Å². The summed E-state index contributed by atoms with van der Waals surface area (Å²) < 4.78 is 15.2. The summed E-state index contributed by atoms with van der Waals surface area (Å²) in [6.07, 6.45) is 0. The first kappa shape index (κ1) is 13.5. The van der Waals surface area contributed by atoms with Crippen LogP contribution in [0.1, 0.15) is 0 Å². The first-order valence-electron chi connectivity index (χ1n) is 5.82. The Labute approximate surface area is 110 Å². The molecule has 1 amide bonds. The van der Waals surface area contributed by atoms with E-state index >= 15 is 0 Å². The molecule has 1 aliphatic rings. The van der Waals surface area contributed by atoms with Gasteiger partial charge in [0, 0.05) is 6.54 Å². The molecule has 104 valence electrons. The molecule has 0 aliphatic carbocycles. The van der Waals surface area contributed by atoms with Crippen molar-refractivity contribution in [2.75, 3.05) is 39.3 Å². The number of aromatic nitrogens is 2. The SMILES string of the molecule is COc1cc(OC)nc(NC(=O)C2COCCN2)n1. The van der Waals surface area contributed by atoms with Crippen LogP contribution in [0.25, 0.3) is 0 Å². The number of hydrogen-bond donors (Lipinski definition) is 2. The fraction of sp³-hybridized carbons (Fsp3) is 0.545. The third-order valence-electron chi connectivity index (χ3n) is 2.57. The van der Waals surface area contributed by atoms with Crippen molar-refractivity contribution in [2.45, 2.75) is 6.04 Å². The first-order chi connectivity index (χ1) is 9.22. The molecule has 19 heavy (non-hydrogen) atoms. The van der Waals surface area contributed by atoms with Crippen molar-refractivity contribution in [3.8, 4) is 11.8 Å².